The minimum Gasteiger partial charge on any atom is -0.314 e. The molecule has 0 radical (unpaired) electrons. The number of piperidine rings is 1. The fourth-order valence-corrected chi connectivity index (χ4v) is 3.30. The first kappa shape index (κ1) is 12.7. The number of rotatable bonds is 4. The maximum Gasteiger partial charge on any atom is 0.123 e. The molecular formula is C13H18FNOS. The van der Waals surface area contributed by atoms with Gasteiger partial charge in [0.1, 0.15) is 5.82 Å². The number of hydrogen-bond donors (Lipinski definition) is 1. The van der Waals surface area contributed by atoms with E-state index in [1.165, 1.54) is 31.4 Å². The Morgan fingerprint density at radius 3 is 2.71 bits per heavy atom. The van der Waals surface area contributed by atoms with Crippen LogP contribution in [0.4, 0.5) is 4.39 Å². The molecule has 1 heterocycles. The molecule has 1 fully saturated rings. The van der Waals surface area contributed by atoms with Gasteiger partial charge in [-0.2, -0.15) is 0 Å². The van der Waals surface area contributed by atoms with Crippen LogP contribution in [0.3, 0.4) is 0 Å². The van der Waals surface area contributed by atoms with E-state index in [1.807, 2.05) is 0 Å². The smallest absolute Gasteiger partial charge is 0.123 e. The molecule has 0 aromatic heterocycles. The van der Waals surface area contributed by atoms with Crippen LogP contribution in [0.1, 0.15) is 25.7 Å². The molecule has 1 aromatic carbocycles. The normalized spacial score (nSPS) is 22.3. The van der Waals surface area contributed by atoms with E-state index in [-0.39, 0.29) is 5.82 Å². The standard InChI is InChI=1S/C13H18FNOS/c14-11-4-6-13(7-5-11)17(16)10-8-12-3-1-2-9-15-12/h4-7,12,15H,1-3,8-10H2. The summed E-state index contributed by atoms with van der Waals surface area (Å²) in [6.45, 7) is 1.08. The summed E-state index contributed by atoms with van der Waals surface area (Å²) >= 11 is 0. The fourth-order valence-electron chi connectivity index (χ4n) is 2.12. The molecule has 1 aliphatic rings. The molecule has 1 aromatic rings. The number of benzene rings is 1. The Labute approximate surface area is 104 Å². The van der Waals surface area contributed by atoms with E-state index >= 15 is 0 Å². The zero-order valence-electron chi connectivity index (χ0n) is 9.82. The molecule has 0 saturated carbocycles. The van der Waals surface area contributed by atoms with Crippen LogP contribution in [0.25, 0.3) is 0 Å². The Morgan fingerprint density at radius 1 is 1.29 bits per heavy atom. The number of nitrogens with one attached hydrogen (secondary N) is 1. The lowest BCUT2D eigenvalue weighted by Gasteiger charge is -2.23. The lowest BCUT2D eigenvalue weighted by molar-refractivity contribution is 0.394. The number of hydrogen-bond acceptors (Lipinski definition) is 2. The van der Waals surface area contributed by atoms with Crippen LogP contribution >= 0.6 is 0 Å². The van der Waals surface area contributed by atoms with Crippen molar-refractivity contribution in [2.45, 2.75) is 36.6 Å². The van der Waals surface area contributed by atoms with Gasteiger partial charge < -0.3 is 5.32 Å². The Balaban J connectivity index is 1.82. The predicted molar refractivity (Wildman–Crippen MR) is 67.9 cm³/mol. The molecule has 2 atom stereocenters. The maximum atomic E-state index is 12.7. The second-order valence-electron chi connectivity index (χ2n) is 4.44. The van der Waals surface area contributed by atoms with Crippen molar-refractivity contribution in [3.8, 4) is 0 Å². The van der Waals surface area contributed by atoms with Gasteiger partial charge in [0.05, 0.1) is 10.8 Å². The van der Waals surface area contributed by atoms with Gasteiger partial charge >= 0.3 is 0 Å². The lowest BCUT2D eigenvalue weighted by atomic mass is 10.0. The molecule has 0 spiro atoms. The average Bonchev–Trinajstić information content (AvgIpc) is 2.38. The van der Waals surface area contributed by atoms with Crippen molar-refractivity contribution in [1.82, 2.24) is 5.32 Å². The van der Waals surface area contributed by atoms with Crippen molar-refractivity contribution < 1.29 is 8.60 Å². The van der Waals surface area contributed by atoms with Crippen molar-refractivity contribution in [3.05, 3.63) is 30.1 Å². The number of halogens is 1. The third-order valence-electron chi connectivity index (χ3n) is 3.14. The SMILES string of the molecule is O=S(CCC1CCCCN1)c1ccc(F)cc1. The van der Waals surface area contributed by atoms with Crippen LogP contribution in [0, 0.1) is 5.82 Å². The van der Waals surface area contributed by atoms with Crippen molar-refractivity contribution in [2.75, 3.05) is 12.3 Å². The summed E-state index contributed by atoms with van der Waals surface area (Å²) < 4.78 is 24.7. The van der Waals surface area contributed by atoms with E-state index in [0.717, 1.165) is 17.9 Å². The van der Waals surface area contributed by atoms with Crippen molar-refractivity contribution in [2.24, 2.45) is 0 Å². The molecule has 0 bridgehead atoms. The predicted octanol–water partition coefficient (Wildman–Crippen LogP) is 2.47. The first-order valence-corrected chi connectivity index (χ1v) is 7.45. The van der Waals surface area contributed by atoms with Gasteiger partial charge in [0.2, 0.25) is 0 Å². The molecule has 17 heavy (non-hydrogen) atoms. The summed E-state index contributed by atoms with van der Waals surface area (Å²) in [5, 5.41) is 3.44. The lowest BCUT2D eigenvalue weighted by Crippen LogP contribution is -2.34. The highest BCUT2D eigenvalue weighted by atomic mass is 32.2. The van der Waals surface area contributed by atoms with Crippen molar-refractivity contribution in [1.29, 1.82) is 0 Å². The Kier molecular flexibility index (Phi) is 4.68. The van der Waals surface area contributed by atoms with E-state index in [0.29, 0.717) is 11.8 Å². The molecular weight excluding hydrogens is 237 g/mol. The highest BCUT2D eigenvalue weighted by Gasteiger charge is 2.14. The summed E-state index contributed by atoms with van der Waals surface area (Å²) in [4.78, 5) is 0.724. The van der Waals surface area contributed by atoms with Crippen LogP contribution in [-0.2, 0) is 10.8 Å². The molecule has 2 rings (SSSR count). The van der Waals surface area contributed by atoms with Crippen LogP contribution in [0.5, 0.6) is 0 Å². The average molecular weight is 255 g/mol. The van der Waals surface area contributed by atoms with Gasteiger partial charge in [0.15, 0.2) is 0 Å². The Bertz CT molecular complexity index is 374. The van der Waals surface area contributed by atoms with Crippen LogP contribution < -0.4 is 5.32 Å². The minimum absolute atomic E-state index is 0.278. The van der Waals surface area contributed by atoms with Crippen LogP contribution in [0.2, 0.25) is 0 Å². The van der Waals surface area contributed by atoms with Gasteiger partial charge in [0.25, 0.3) is 0 Å². The Hall–Kier alpha value is -0.740. The van der Waals surface area contributed by atoms with Gasteiger partial charge in [-0.1, -0.05) is 6.42 Å². The fraction of sp³-hybridized carbons (Fsp3) is 0.538. The highest BCUT2D eigenvalue weighted by Crippen LogP contribution is 2.13. The second-order valence-corrected chi connectivity index (χ2v) is 6.01. The van der Waals surface area contributed by atoms with Gasteiger partial charge in [-0.05, 0) is 50.1 Å². The third-order valence-corrected chi connectivity index (χ3v) is 4.55. The quantitative estimate of drug-likeness (QED) is 0.895. The monoisotopic (exact) mass is 255 g/mol. The molecule has 2 nitrogen and oxygen atoms in total. The summed E-state index contributed by atoms with van der Waals surface area (Å²) in [6, 6.07) is 6.46. The molecule has 1 saturated heterocycles. The molecule has 1 aliphatic heterocycles. The van der Waals surface area contributed by atoms with Crippen molar-refractivity contribution in [3.63, 3.8) is 0 Å². The zero-order valence-corrected chi connectivity index (χ0v) is 10.6. The topological polar surface area (TPSA) is 29.1 Å². The first-order valence-electron chi connectivity index (χ1n) is 6.13. The molecule has 94 valence electrons. The van der Waals surface area contributed by atoms with Crippen LogP contribution in [0.15, 0.2) is 29.2 Å². The van der Waals surface area contributed by atoms with Gasteiger partial charge in [-0.15, -0.1) is 0 Å². The van der Waals surface area contributed by atoms with E-state index in [1.54, 1.807) is 12.1 Å². The van der Waals surface area contributed by atoms with E-state index in [9.17, 15) is 8.60 Å². The summed E-state index contributed by atoms with van der Waals surface area (Å²) in [6.07, 6.45) is 4.63. The molecule has 2 unspecified atom stereocenters. The Morgan fingerprint density at radius 2 is 2.06 bits per heavy atom. The van der Waals surface area contributed by atoms with Gasteiger partial charge in [-0.25, -0.2) is 4.39 Å². The van der Waals surface area contributed by atoms with E-state index < -0.39 is 10.8 Å². The maximum absolute atomic E-state index is 12.7. The summed E-state index contributed by atoms with van der Waals surface area (Å²) in [7, 11) is -1.00. The second kappa shape index (κ2) is 6.26. The zero-order chi connectivity index (χ0) is 12.1. The highest BCUT2D eigenvalue weighted by molar-refractivity contribution is 7.85. The van der Waals surface area contributed by atoms with Crippen LogP contribution in [-0.4, -0.2) is 22.5 Å². The minimum atomic E-state index is -1.00. The van der Waals surface area contributed by atoms with Gasteiger partial charge in [-0.3, -0.25) is 4.21 Å². The summed E-state index contributed by atoms with van der Waals surface area (Å²) in [5.74, 6) is 0.378. The third kappa shape index (κ3) is 3.89. The van der Waals surface area contributed by atoms with E-state index in [4.69, 9.17) is 0 Å². The molecule has 0 aliphatic carbocycles. The molecule has 0 amide bonds. The summed E-state index contributed by atoms with van der Waals surface area (Å²) in [5.41, 5.74) is 0. The largest absolute Gasteiger partial charge is 0.314 e. The first-order chi connectivity index (χ1) is 8.25. The van der Waals surface area contributed by atoms with E-state index in [2.05, 4.69) is 5.32 Å². The van der Waals surface area contributed by atoms with Crippen molar-refractivity contribution >= 4 is 10.8 Å². The molecule has 4 heteroatoms. The van der Waals surface area contributed by atoms with Gasteiger partial charge in [0, 0.05) is 16.7 Å². The molecule has 1 N–H and O–H groups in total.